The predicted octanol–water partition coefficient (Wildman–Crippen LogP) is 6.67. The number of Topliss-reactive ketones (excluding diaryl/α,β-unsaturated/α-hetero) is 1. The van der Waals surface area contributed by atoms with Crippen LogP contribution in [0.5, 0.6) is 0 Å². The number of carbonyl (C=O) groups is 2. The number of anilines is 3. The van der Waals surface area contributed by atoms with Crippen molar-refractivity contribution in [2.75, 3.05) is 15.5 Å². The van der Waals surface area contributed by atoms with Crippen LogP contribution < -0.4 is 15.5 Å². The van der Waals surface area contributed by atoms with E-state index in [-0.39, 0.29) is 23.0 Å². The molecule has 3 aromatic rings. The average molecular weight is 456 g/mol. The van der Waals surface area contributed by atoms with Gasteiger partial charge in [-0.1, -0.05) is 56.3 Å². The summed E-state index contributed by atoms with van der Waals surface area (Å²) in [6.45, 7) is 4.14. The van der Waals surface area contributed by atoms with Crippen molar-refractivity contribution in [2.24, 2.45) is 5.41 Å². The number of nitrogens with zero attached hydrogens (tertiary/aromatic N) is 1. The van der Waals surface area contributed by atoms with Crippen LogP contribution in [0.2, 0.25) is 0 Å². The molecule has 0 radical (unpaired) electrons. The van der Waals surface area contributed by atoms with Crippen molar-refractivity contribution in [3.8, 4) is 0 Å². The zero-order chi connectivity index (χ0) is 23.9. The van der Waals surface area contributed by atoms with Crippen molar-refractivity contribution in [2.45, 2.75) is 32.7 Å². The van der Waals surface area contributed by atoms with Crippen molar-refractivity contribution < 1.29 is 14.0 Å². The van der Waals surface area contributed by atoms with Crippen LogP contribution in [0, 0.1) is 11.2 Å². The van der Waals surface area contributed by atoms with Gasteiger partial charge >= 0.3 is 6.03 Å². The molecule has 1 atom stereocenters. The van der Waals surface area contributed by atoms with Gasteiger partial charge in [0.1, 0.15) is 5.82 Å². The van der Waals surface area contributed by atoms with E-state index < -0.39 is 6.04 Å². The van der Waals surface area contributed by atoms with Crippen molar-refractivity contribution in [1.82, 2.24) is 0 Å². The molecule has 5 rings (SSSR count). The van der Waals surface area contributed by atoms with E-state index in [4.69, 9.17) is 0 Å². The van der Waals surface area contributed by atoms with E-state index in [1.165, 1.54) is 12.1 Å². The van der Waals surface area contributed by atoms with Crippen LogP contribution in [-0.4, -0.2) is 11.8 Å². The second-order valence-corrected chi connectivity index (χ2v) is 9.60. The first-order chi connectivity index (χ1) is 16.3. The first-order valence-electron chi connectivity index (χ1n) is 11.4. The lowest BCUT2D eigenvalue weighted by atomic mass is 9.73. The largest absolute Gasteiger partial charge is 0.357 e. The van der Waals surface area contributed by atoms with Gasteiger partial charge in [0.15, 0.2) is 5.78 Å². The number of fused-ring (bicyclic) bond motifs is 1. The minimum absolute atomic E-state index is 0.0154. The Labute approximate surface area is 198 Å². The Morgan fingerprint density at radius 1 is 0.971 bits per heavy atom. The summed E-state index contributed by atoms with van der Waals surface area (Å²) in [5.41, 5.74) is 3.84. The maximum absolute atomic E-state index is 13.8. The molecule has 2 amide bonds. The number of benzene rings is 3. The highest BCUT2D eigenvalue weighted by Gasteiger charge is 2.43. The summed E-state index contributed by atoms with van der Waals surface area (Å²) in [5, 5.41) is 6.44. The highest BCUT2D eigenvalue weighted by molar-refractivity contribution is 6.09. The van der Waals surface area contributed by atoms with Gasteiger partial charge in [0.2, 0.25) is 0 Å². The van der Waals surface area contributed by atoms with Gasteiger partial charge in [-0.2, -0.15) is 0 Å². The second-order valence-electron chi connectivity index (χ2n) is 9.60. The van der Waals surface area contributed by atoms with E-state index in [0.29, 0.717) is 35.4 Å². The van der Waals surface area contributed by atoms with Crippen LogP contribution in [-0.2, 0) is 4.79 Å². The number of carbonyl (C=O) groups excluding carboxylic acids is 2. The molecule has 172 valence electrons. The summed E-state index contributed by atoms with van der Waals surface area (Å²) in [4.78, 5) is 29.0. The summed E-state index contributed by atoms with van der Waals surface area (Å²) in [5.74, 6) is -0.389. The summed E-state index contributed by atoms with van der Waals surface area (Å²) < 4.78 is 13.8. The molecule has 1 aliphatic heterocycles. The molecule has 6 heteroatoms. The lowest BCUT2D eigenvalue weighted by molar-refractivity contribution is -0.118. The summed E-state index contributed by atoms with van der Waals surface area (Å²) >= 11 is 0. The Morgan fingerprint density at radius 2 is 1.65 bits per heavy atom. The predicted molar refractivity (Wildman–Crippen MR) is 132 cm³/mol. The number of para-hydroxylation sites is 3. The number of hydrogen-bond donors (Lipinski definition) is 2. The monoisotopic (exact) mass is 455 g/mol. The normalized spacial score (nSPS) is 19.0. The summed E-state index contributed by atoms with van der Waals surface area (Å²) in [6.07, 6.45) is 1.03. The third kappa shape index (κ3) is 4.07. The maximum atomic E-state index is 13.8. The first-order valence-corrected chi connectivity index (χ1v) is 11.4. The molecule has 0 fully saturated rings. The molecular weight excluding hydrogens is 429 g/mol. The molecule has 0 saturated carbocycles. The fourth-order valence-corrected chi connectivity index (χ4v) is 4.88. The Balaban J connectivity index is 1.72. The third-order valence-electron chi connectivity index (χ3n) is 6.33. The van der Waals surface area contributed by atoms with Crippen LogP contribution >= 0.6 is 0 Å². The molecule has 0 saturated heterocycles. The van der Waals surface area contributed by atoms with Gasteiger partial charge in [0.05, 0.1) is 17.4 Å². The minimum Gasteiger partial charge on any atom is -0.357 e. The summed E-state index contributed by atoms with van der Waals surface area (Å²) in [7, 11) is 0. The van der Waals surface area contributed by atoms with E-state index in [9.17, 15) is 14.0 Å². The number of urea groups is 1. The number of nitrogens with one attached hydrogen (secondary N) is 2. The Morgan fingerprint density at radius 3 is 2.38 bits per heavy atom. The topological polar surface area (TPSA) is 61.4 Å². The number of rotatable bonds is 2. The molecule has 0 bridgehead atoms. The Hall–Kier alpha value is -3.93. The fourth-order valence-electron chi connectivity index (χ4n) is 4.88. The summed E-state index contributed by atoms with van der Waals surface area (Å²) in [6, 6.07) is 21.7. The second kappa shape index (κ2) is 8.45. The number of allylic oxidation sites excluding steroid dienone is 1. The molecule has 0 aromatic heterocycles. The quantitative estimate of drug-likeness (QED) is 0.453. The van der Waals surface area contributed by atoms with Crippen molar-refractivity contribution >= 4 is 28.9 Å². The third-order valence-corrected chi connectivity index (χ3v) is 6.33. The van der Waals surface area contributed by atoms with Crippen molar-refractivity contribution in [3.05, 3.63) is 102 Å². The highest BCUT2D eigenvalue weighted by Crippen LogP contribution is 2.48. The highest BCUT2D eigenvalue weighted by atomic mass is 19.1. The van der Waals surface area contributed by atoms with Gasteiger partial charge in [-0.3, -0.25) is 9.69 Å². The molecule has 1 heterocycles. The van der Waals surface area contributed by atoms with E-state index >= 15 is 0 Å². The van der Waals surface area contributed by atoms with Crippen LogP contribution in [0.25, 0.3) is 0 Å². The van der Waals surface area contributed by atoms with Crippen molar-refractivity contribution in [3.63, 3.8) is 0 Å². The molecule has 34 heavy (non-hydrogen) atoms. The Kier molecular flexibility index (Phi) is 5.44. The number of amides is 2. The molecule has 2 aliphatic rings. The SMILES string of the molecule is CC1(C)CC(=O)C2=C(C1)Nc1ccccc1N(C(=O)Nc1ccccc1)[C@H]2c1ccc(F)cc1. The fraction of sp³-hybridized carbons (Fsp3) is 0.214. The van der Waals surface area contributed by atoms with Gasteiger partial charge in [-0.05, 0) is 53.8 Å². The lowest BCUT2D eigenvalue weighted by Crippen LogP contribution is -2.41. The average Bonchev–Trinajstić information content (AvgIpc) is 2.94. The molecule has 1 aliphatic carbocycles. The van der Waals surface area contributed by atoms with E-state index in [0.717, 1.165) is 11.4 Å². The molecule has 2 N–H and O–H groups in total. The molecule has 0 unspecified atom stereocenters. The molecule has 0 spiro atoms. The lowest BCUT2D eigenvalue weighted by Gasteiger charge is -2.37. The number of hydrogen-bond acceptors (Lipinski definition) is 3. The number of ketones is 1. The molecular formula is C28H26FN3O2. The van der Waals surface area contributed by atoms with Gasteiger partial charge in [0.25, 0.3) is 0 Å². The zero-order valence-corrected chi connectivity index (χ0v) is 19.1. The van der Waals surface area contributed by atoms with Gasteiger partial charge in [-0.25, -0.2) is 9.18 Å². The minimum atomic E-state index is -0.709. The van der Waals surface area contributed by atoms with E-state index in [1.807, 2.05) is 54.6 Å². The van der Waals surface area contributed by atoms with Crippen molar-refractivity contribution in [1.29, 1.82) is 0 Å². The standard InChI is InChI=1S/C28H26FN3O2/c1-28(2)16-22-25(24(33)17-28)26(18-12-14-19(29)15-13-18)32(23-11-7-6-10-21(23)31-22)27(34)30-20-8-4-3-5-9-20/h3-15,26,31H,16-17H2,1-2H3,(H,30,34)/t26-/m0/s1. The van der Waals surface area contributed by atoms with Crippen LogP contribution in [0.4, 0.5) is 26.2 Å². The number of halogens is 1. The molecule has 5 nitrogen and oxygen atoms in total. The Bertz CT molecular complexity index is 1280. The van der Waals surface area contributed by atoms with Crippen LogP contribution in [0.1, 0.15) is 38.3 Å². The maximum Gasteiger partial charge on any atom is 0.327 e. The molecule has 3 aromatic carbocycles. The van der Waals surface area contributed by atoms with Gasteiger partial charge in [-0.15, -0.1) is 0 Å². The van der Waals surface area contributed by atoms with E-state index in [1.54, 1.807) is 17.0 Å². The zero-order valence-electron chi connectivity index (χ0n) is 19.1. The first kappa shape index (κ1) is 21.9. The van der Waals surface area contributed by atoms with E-state index in [2.05, 4.69) is 24.5 Å². The van der Waals surface area contributed by atoms with Crippen LogP contribution in [0.15, 0.2) is 90.1 Å². The van der Waals surface area contributed by atoms with Gasteiger partial charge < -0.3 is 10.6 Å². The smallest absolute Gasteiger partial charge is 0.327 e. The van der Waals surface area contributed by atoms with Crippen LogP contribution in [0.3, 0.4) is 0 Å². The van der Waals surface area contributed by atoms with Gasteiger partial charge in [0, 0.05) is 23.4 Å².